The lowest BCUT2D eigenvalue weighted by molar-refractivity contribution is -0.198. The highest BCUT2D eigenvalue weighted by atomic mass is 32.2. The van der Waals surface area contributed by atoms with Gasteiger partial charge in [-0.2, -0.15) is 0 Å². The molecule has 1 aromatic carbocycles. The van der Waals surface area contributed by atoms with Crippen LogP contribution in [-0.4, -0.2) is 66.9 Å². The van der Waals surface area contributed by atoms with Crippen molar-refractivity contribution in [2.45, 2.75) is 78.3 Å². The summed E-state index contributed by atoms with van der Waals surface area (Å²) in [5.74, 6) is -1.57. The van der Waals surface area contributed by atoms with E-state index < -0.39 is 34.3 Å². The van der Waals surface area contributed by atoms with E-state index in [4.69, 9.17) is 14.2 Å². The zero-order valence-electron chi connectivity index (χ0n) is 24.2. The molecule has 1 saturated heterocycles. The summed E-state index contributed by atoms with van der Waals surface area (Å²) in [6.45, 7) is 9.86. The fourth-order valence-electron chi connectivity index (χ4n) is 4.11. The van der Waals surface area contributed by atoms with Crippen molar-refractivity contribution in [1.29, 1.82) is 0 Å². The number of aromatic nitrogens is 2. The molecule has 1 fully saturated rings. The molecule has 226 valence electrons. The lowest BCUT2D eigenvalue weighted by Crippen LogP contribution is -2.33. The second kappa shape index (κ2) is 14.8. The molecule has 0 unspecified atom stereocenters. The Morgan fingerprint density at radius 3 is 2.41 bits per heavy atom. The van der Waals surface area contributed by atoms with Crippen molar-refractivity contribution >= 4 is 28.0 Å². The van der Waals surface area contributed by atoms with Gasteiger partial charge < -0.3 is 19.3 Å². The predicted molar refractivity (Wildman–Crippen MR) is 154 cm³/mol. The van der Waals surface area contributed by atoms with Crippen molar-refractivity contribution in [2.75, 3.05) is 23.7 Å². The summed E-state index contributed by atoms with van der Waals surface area (Å²) in [5, 5.41) is 11.0. The molecule has 0 amide bonds. The van der Waals surface area contributed by atoms with Gasteiger partial charge in [0.2, 0.25) is 16.0 Å². The van der Waals surface area contributed by atoms with Crippen LogP contribution in [-0.2, 0) is 29.0 Å². The number of benzene rings is 1. The molecule has 2 aromatic rings. The van der Waals surface area contributed by atoms with E-state index in [0.29, 0.717) is 35.7 Å². The van der Waals surface area contributed by atoms with Crippen LogP contribution in [0.3, 0.4) is 0 Å². The number of ether oxygens (including phenoxy) is 3. The van der Waals surface area contributed by atoms with Crippen molar-refractivity contribution in [3.63, 3.8) is 0 Å². The number of sulfonamides is 1. The van der Waals surface area contributed by atoms with Crippen LogP contribution >= 0.6 is 0 Å². The molecule has 0 bridgehead atoms. The molecule has 0 spiro atoms. The quantitative estimate of drug-likeness (QED) is 0.318. The summed E-state index contributed by atoms with van der Waals surface area (Å²) in [5.41, 5.74) is 1.98. The molecule has 12 heteroatoms. The third kappa shape index (κ3) is 9.84. The summed E-state index contributed by atoms with van der Waals surface area (Å²) in [6, 6.07) is 5.65. The number of hydrogen-bond donors (Lipinski definition) is 2. The van der Waals surface area contributed by atoms with Crippen molar-refractivity contribution in [2.24, 2.45) is 5.92 Å². The molecule has 2 N–H and O–H groups in total. The Hall–Kier alpha value is -2.93. The summed E-state index contributed by atoms with van der Waals surface area (Å²) < 4.78 is 57.6. The van der Waals surface area contributed by atoms with E-state index in [9.17, 15) is 22.7 Å². The Kier molecular flexibility index (Phi) is 11.8. The minimum absolute atomic E-state index is 0.0936. The third-order valence-corrected chi connectivity index (χ3v) is 7.62. The zero-order chi connectivity index (χ0) is 30.2. The lowest BCUT2D eigenvalue weighted by Gasteiger charge is -2.28. The minimum atomic E-state index is -3.66. The van der Waals surface area contributed by atoms with E-state index in [2.05, 4.69) is 14.7 Å². The topological polar surface area (TPSA) is 137 Å². The third-order valence-electron chi connectivity index (χ3n) is 6.36. The first-order valence-electron chi connectivity index (χ1n) is 13.9. The van der Waals surface area contributed by atoms with Crippen LogP contribution in [0.2, 0.25) is 0 Å². The Morgan fingerprint density at radius 1 is 1.17 bits per heavy atom. The van der Waals surface area contributed by atoms with Crippen LogP contribution in [0.5, 0.6) is 0 Å². The SMILES string of the molecule is CCS(=O)(=O)Nc1nc(-c2ccc(F)cc2)c(/C=C/[C@@H](O)C[C@H](CC2OCCCO2)OC(=O)C(C)C)c(C(C)C)n1. The van der Waals surface area contributed by atoms with Gasteiger partial charge in [-0.25, -0.2) is 22.8 Å². The van der Waals surface area contributed by atoms with Gasteiger partial charge in [0.15, 0.2) is 6.29 Å². The Morgan fingerprint density at radius 2 is 1.83 bits per heavy atom. The predicted octanol–water partition coefficient (Wildman–Crippen LogP) is 4.65. The molecule has 1 aromatic heterocycles. The van der Waals surface area contributed by atoms with Crippen LogP contribution in [0.4, 0.5) is 10.3 Å². The molecular weight excluding hydrogens is 553 g/mol. The summed E-state index contributed by atoms with van der Waals surface area (Å²) in [4.78, 5) is 21.3. The fraction of sp³-hybridized carbons (Fsp3) is 0.552. The number of rotatable bonds is 13. The van der Waals surface area contributed by atoms with Crippen LogP contribution in [0.15, 0.2) is 30.3 Å². The van der Waals surface area contributed by atoms with Crippen LogP contribution in [0.1, 0.15) is 71.1 Å². The van der Waals surface area contributed by atoms with Gasteiger partial charge in [-0.15, -0.1) is 0 Å². The van der Waals surface area contributed by atoms with Crippen LogP contribution in [0, 0.1) is 11.7 Å². The van der Waals surface area contributed by atoms with Crippen molar-refractivity contribution in [3.05, 3.63) is 47.4 Å². The lowest BCUT2D eigenvalue weighted by atomic mass is 9.97. The van der Waals surface area contributed by atoms with Gasteiger partial charge in [0.1, 0.15) is 11.9 Å². The smallest absolute Gasteiger partial charge is 0.308 e. The van der Waals surface area contributed by atoms with E-state index in [1.165, 1.54) is 19.1 Å². The second-order valence-electron chi connectivity index (χ2n) is 10.5. The molecule has 1 aliphatic rings. The first kappa shape index (κ1) is 32.6. The Labute approximate surface area is 241 Å². The molecule has 0 aliphatic carbocycles. The van der Waals surface area contributed by atoms with Gasteiger partial charge in [-0.05, 0) is 43.5 Å². The number of esters is 1. The number of halogens is 1. The molecule has 0 saturated carbocycles. The van der Waals surface area contributed by atoms with Gasteiger partial charge in [0, 0.05) is 24.0 Å². The largest absolute Gasteiger partial charge is 0.462 e. The summed E-state index contributed by atoms with van der Waals surface area (Å²) >= 11 is 0. The molecule has 10 nitrogen and oxygen atoms in total. The molecule has 2 atom stereocenters. The zero-order valence-corrected chi connectivity index (χ0v) is 25.0. The van der Waals surface area contributed by atoms with Crippen LogP contribution < -0.4 is 4.72 Å². The van der Waals surface area contributed by atoms with Gasteiger partial charge in [-0.1, -0.05) is 39.8 Å². The Balaban J connectivity index is 1.95. The highest BCUT2D eigenvalue weighted by molar-refractivity contribution is 7.92. The number of anilines is 1. The molecular formula is C29H40FN3O7S. The van der Waals surface area contributed by atoms with Gasteiger partial charge in [-0.3, -0.25) is 9.52 Å². The first-order valence-corrected chi connectivity index (χ1v) is 15.5. The normalized spacial score (nSPS) is 16.3. The number of aliphatic hydroxyl groups is 1. The maximum atomic E-state index is 13.7. The second-order valence-corrected chi connectivity index (χ2v) is 12.5. The van der Waals surface area contributed by atoms with E-state index >= 15 is 0 Å². The van der Waals surface area contributed by atoms with E-state index in [-0.39, 0.29) is 42.3 Å². The van der Waals surface area contributed by atoms with Crippen LogP contribution in [0.25, 0.3) is 17.3 Å². The summed E-state index contributed by atoms with van der Waals surface area (Å²) in [6.07, 6.45) is 2.15. The monoisotopic (exact) mass is 593 g/mol. The van der Waals surface area contributed by atoms with Crippen molar-refractivity contribution in [1.82, 2.24) is 9.97 Å². The Bertz CT molecular complexity index is 1290. The van der Waals surface area contributed by atoms with E-state index in [0.717, 1.165) is 6.42 Å². The highest BCUT2D eigenvalue weighted by Gasteiger charge is 2.26. The maximum absolute atomic E-state index is 13.7. The number of aliphatic hydroxyl groups excluding tert-OH is 1. The molecule has 0 radical (unpaired) electrons. The van der Waals surface area contributed by atoms with E-state index in [1.54, 1.807) is 38.1 Å². The standard InChI is InChI=1S/C29H40FN3O7S/c1-6-41(36,37)33-29-31-26(18(2)3)24(27(32-29)20-8-10-21(30)11-9-20)13-12-22(34)16-23(40-28(35)19(4)5)17-25-38-14-7-15-39-25/h8-13,18-19,22-23,25,34H,6-7,14-17H2,1-5H3,(H,31,32,33)/b13-12+/t22-,23-/m1/s1. The molecule has 1 aliphatic heterocycles. The number of nitrogens with zero attached hydrogens (tertiary/aromatic N) is 2. The highest BCUT2D eigenvalue weighted by Crippen LogP contribution is 2.31. The average Bonchev–Trinajstić information content (AvgIpc) is 2.92. The maximum Gasteiger partial charge on any atom is 0.308 e. The first-order chi connectivity index (χ1) is 19.4. The number of nitrogens with one attached hydrogen (secondary N) is 1. The summed E-state index contributed by atoms with van der Waals surface area (Å²) in [7, 11) is -3.66. The fourth-order valence-corrected chi connectivity index (χ4v) is 4.63. The van der Waals surface area contributed by atoms with Crippen molar-refractivity contribution < 1.29 is 36.9 Å². The van der Waals surface area contributed by atoms with E-state index in [1.807, 2.05) is 13.8 Å². The van der Waals surface area contributed by atoms with Gasteiger partial charge in [0.25, 0.3) is 0 Å². The average molecular weight is 594 g/mol. The van der Waals surface area contributed by atoms with Gasteiger partial charge in [0.05, 0.1) is 42.4 Å². The number of carbonyl (C=O) groups excluding carboxylic acids is 1. The van der Waals surface area contributed by atoms with Crippen molar-refractivity contribution in [3.8, 4) is 11.3 Å². The number of carbonyl (C=O) groups is 1. The molecule has 2 heterocycles. The molecule has 41 heavy (non-hydrogen) atoms. The molecule has 3 rings (SSSR count). The number of hydrogen-bond acceptors (Lipinski definition) is 9. The minimum Gasteiger partial charge on any atom is -0.462 e. The van der Waals surface area contributed by atoms with Gasteiger partial charge >= 0.3 is 5.97 Å².